The molecule has 0 N–H and O–H groups in total. The van der Waals surface area contributed by atoms with Crippen LogP contribution in [-0.4, -0.2) is 20.5 Å². The first-order valence-electron chi connectivity index (χ1n) is 4.76. The van der Waals surface area contributed by atoms with Crippen molar-refractivity contribution < 1.29 is 18.3 Å². The molecule has 0 saturated heterocycles. The van der Waals surface area contributed by atoms with Gasteiger partial charge in [-0.15, -0.1) is 8.78 Å². The minimum Gasteiger partial charge on any atom is -0.299 e. The van der Waals surface area contributed by atoms with Gasteiger partial charge in [0.1, 0.15) is 0 Å². The first-order valence-corrected chi connectivity index (χ1v) is 4.76. The molecule has 0 atom stereocenters. The number of halogens is 2. The van der Waals surface area contributed by atoms with Gasteiger partial charge in [-0.05, 0) is 13.8 Å². The monoisotopic (exact) mass is 224 g/mol. The Morgan fingerprint density at radius 3 is 1.20 bits per heavy atom. The highest BCUT2D eigenvalue weighted by atomic mass is 19.3. The van der Waals surface area contributed by atoms with Gasteiger partial charge >= 0.3 is 6.29 Å². The Bertz CT molecular complexity index is 139. The maximum Gasteiger partial charge on any atom is 0.484 e. The van der Waals surface area contributed by atoms with Crippen molar-refractivity contribution >= 4 is 0 Å². The Labute approximate surface area is 91.6 Å². The molecule has 0 radical (unpaired) electrons. The zero-order valence-electron chi connectivity index (χ0n) is 10.4. The summed E-state index contributed by atoms with van der Waals surface area (Å²) in [5, 5.41) is 0. The molecule has 0 amide bonds. The summed E-state index contributed by atoms with van der Waals surface area (Å²) in [6, 6.07) is 0. The van der Waals surface area contributed by atoms with E-state index < -0.39 is 6.29 Å². The lowest BCUT2D eigenvalue weighted by molar-refractivity contribution is -0.372. The lowest BCUT2D eigenvalue weighted by Crippen LogP contribution is -2.20. The second kappa shape index (κ2) is 15.7. The molecule has 0 saturated carbocycles. The van der Waals surface area contributed by atoms with Gasteiger partial charge < -0.3 is 0 Å². The Hall–Kier alpha value is -0.740. The van der Waals surface area contributed by atoms with Gasteiger partial charge in [0.15, 0.2) is 0 Å². The van der Waals surface area contributed by atoms with Gasteiger partial charge in [-0.1, -0.05) is 38.2 Å². The molecule has 0 spiro atoms. The standard InChI is InChI=1S/C6H10.C3H6F2O2.C2H6/c1-3-5-6-4-2;1-6-3(4,5)7-2;1-2/h3-6H,1-2H3;1-2H3;1-2H3/b5-3-,6-4-;;. The lowest BCUT2D eigenvalue weighted by Gasteiger charge is -2.08. The van der Waals surface area contributed by atoms with Gasteiger partial charge in [-0.3, -0.25) is 9.47 Å². The zero-order valence-corrected chi connectivity index (χ0v) is 10.4. The predicted octanol–water partition coefficient (Wildman–Crippen LogP) is 3.99. The topological polar surface area (TPSA) is 18.5 Å². The van der Waals surface area contributed by atoms with E-state index in [1.54, 1.807) is 0 Å². The lowest BCUT2D eigenvalue weighted by atomic mass is 10.5. The quantitative estimate of drug-likeness (QED) is 0.533. The maximum atomic E-state index is 11.4. The highest BCUT2D eigenvalue weighted by Gasteiger charge is 2.26. The van der Waals surface area contributed by atoms with Crippen molar-refractivity contribution in [1.82, 2.24) is 0 Å². The average molecular weight is 224 g/mol. The highest BCUT2D eigenvalue weighted by Crippen LogP contribution is 2.12. The third kappa shape index (κ3) is 24.6. The fraction of sp³-hybridized carbons (Fsp3) is 0.636. The molecule has 0 aromatic rings. The molecule has 0 aliphatic carbocycles. The van der Waals surface area contributed by atoms with E-state index in [1.807, 2.05) is 52.0 Å². The Balaban J connectivity index is -0.000000166. The van der Waals surface area contributed by atoms with Crippen LogP contribution in [0.4, 0.5) is 8.78 Å². The van der Waals surface area contributed by atoms with E-state index in [4.69, 9.17) is 0 Å². The molecule has 0 unspecified atom stereocenters. The molecular weight excluding hydrogens is 202 g/mol. The molecular formula is C11H22F2O2. The molecule has 0 aliphatic heterocycles. The van der Waals surface area contributed by atoms with Crippen LogP contribution in [0.3, 0.4) is 0 Å². The Morgan fingerprint density at radius 2 is 1.13 bits per heavy atom. The van der Waals surface area contributed by atoms with Crippen LogP contribution in [0.5, 0.6) is 0 Å². The van der Waals surface area contributed by atoms with Crippen LogP contribution in [-0.2, 0) is 9.47 Å². The molecule has 0 aromatic heterocycles. The highest BCUT2D eigenvalue weighted by molar-refractivity contribution is 4.98. The van der Waals surface area contributed by atoms with E-state index in [2.05, 4.69) is 9.47 Å². The second-order valence-corrected chi connectivity index (χ2v) is 1.92. The van der Waals surface area contributed by atoms with E-state index in [0.29, 0.717) is 0 Å². The number of hydrogen-bond acceptors (Lipinski definition) is 2. The Kier molecular flexibility index (Phi) is 20.7. The maximum absolute atomic E-state index is 11.4. The van der Waals surface area contributed by atoms with E-state index in [-0.39, 0.29) is 0 Å². The first kappa shape index (κ1) is 19.8. The summed E-state index contributed by atoms with van der Waals surface area (Å²) in [6.45, 7) is 8.00. The number of hydrogen-bond donors (Lipinski definition) is 0. The first-order chi connectivity index (χ1) is 7.04. The smallest absolute Gasteiger partial charge is 0.299 e. The van der Waals surface area contributed by atoms with Crippen LogP contribution < -0.4 is 0 Å². The van der Waals surface area contributed by atoms with Crippen LogP contribution in [0.25, 0.3) is 0 Å². The van der Waals surface area contributed by atoms with Crippen molar-refractivity contribution in [2.45, 2.75) is 34.0 Å². The normalized spacial score (nSPS) is 10.7. The largest absolute Gasteiger partial charge is 0.484 e. The molecule has 0 rings (SSSR count). The van der Waals surface area contributed by atoms with Crippen molar-refractivity contribution in [2.75, 3.05) is 14.2 Å². The average Bonchev–Trinajstić information content (AvgIpc) is 2.30. The van der Waals surface area contributed by atoms with Gasteiger partial charge in [-0.25, -0.2) is 0 Å². The number of rotatable bonds is 3. The number of methoxy groups -OCH3 is 2. The van der Waals surface area contributed by atoms with Crippen molar-refractivity contribution in [3.63, 3.8) is 0 Å². The summed E-state index contributed by atoms with van der Waals surface area (Å²) in [5.74, 6) is 0. The summed E-state index contributed by atoms with van der Waals surface area (Å²) in [4.78, 5) is 0. The minimum atomic E-state index is -3.42. The Morgan fingerprint density at radius 1 is 0.867 bits per heavy atom. The van der Waals surface area contributed by atoms with Crippen molar-refractivity contribution in [3.05, 3.63) is 24.3 Å². The fourth-order valence-corrected chi connectivity index (χ4v) is 0.306. The zero-order chi connectivity index (χ0) is 12.7. The molecule has 0 fully saturated rings. The molecule has 0 heterocycles. The SMILES string of the molecule is C/C=C\C=C/C.CC.COC(F)(F)OC. The summed E-state index contributed by atoms with van der Waals surface area (Å²) in [7, 11) is 1.73. The molecule has 2 nitrogen and oxygen atoms in total. The molecule has 0 bridgehead atoms. The van der Waals surface area contributed by atoms with Crippen molar-refractivity contribution in [1.29, 1.82) is 0 Å². The summed E-state index contributed by atoms with van der Waals surface area (Å²) >= 11 is 0. The third-order valence-corrected chi connectivity index (χ3v) is 0.971. The van der Waals surface area contributed by atoms with Crippen LogP contribution in [0.15, 0.2) is 24.3 Å². The van der Waals surface area contributed by atoms with E-state index >= 15 is 0 Å². The van der Waals surface area contributed by atoms with Crippen LogP contribution in [0.2, 0.25) is 0 Å². The molecule has 0 aromatic carbocycles. The third-order valence-electron chi connectivity index (χ3n) is 0.971. The molecule has 15 heavy (non-hydrogen) atoms. The summed E-state index contributed by atoms with van der Waals surface area (Å²) < 4.78 is 29.9. The van der Waals surface area contributed by atoms with Crippen LogP contribution in [0, 0.1) is 0 Å². The van der Waals surface area contributed by atoms with Crippen LogP contribution >= 0.6 is 0 Å². The van der Waals surface area contributed by atoms with E-state index in [9.17, 15) is 8.78 Å². The van der Waals surface area contributed by atoms with Gasteiger partial charge in [0.05, 0.1) is 0 Å². The summed E-state index contributed by atoms with van der Waals surface area (Å²) in [6.07, 6.45) is 4.58. The van der Waals surface area contributed by atoms with Gasteiger partial charge in [0.25, 0.3) is 0 Å². The van der Waals surface area contributed by atoms with Crippen molar-refractivity contribution in [3.8, 4) is 0 Å². The van der Waals surface area contributed by atoms with Crippen molar-refractivity contribution in [2.24, 2.45) is 0 Å². The van der Waals surface area contributed by atoms with Gasteiger partial charge in [-0.2, -0.15) is 0 Å². The van der Waals surface area contributed by atoms with E-state index in [0.717, 1.165) is 14.2 Å². The molecule has 4 heteroatoms. The van der Waals surface area contributed by atoms with E-state index in [1.165, 1.54) is 0 Å². The van der Waals surface area contributed by atoms with Gasteiger partial charge in [0.2, 0.25) is 0 Å². The van der Waals surface area contributed by atoms with Crippen LogP contribution in [0.1, 0.15) is 27.7 Å². The molecule has 92 valence electrons. The second-order valence-electron chi connectivity index (χ2n) is 1.92. The molecule has 0 aliphatic rings. The predicted molar refractivity (Wildman–Crippen MR) is 59.9 cm³/mol. The number of alkyl halides is 2. The minimum absolute atomic E-state index is 0.865. The number of ether oxygens (including phenoxy) is 2. The summed E-state index contributed by atoms with van der Waals surface area (Å²) in [5.41, 5.74) is 0. The van der Waals surface area contributed by atoms with Gasteiger partial charge in [0, 0.05) is 14.2 Å². The fourth-order valence-electron chi connectivity index (χ4n) is 0.306. The number of allylic oxidation sites excluding steroid dienone is 4.